The maximum atomic E-state index is 11.8. The van der Waals surface area contributed by atoms with Crippen molar-refractivity contribution in [3.05, 3.63) is 59.7 Å². The Kier molecular flexibility index (Phi) is 5.14. The molecule has 2 N–H and O–H groups in total. The van der Waals surface area contributed by atoms with Gasteiger partial charge in [-0.3, -0.25) is 9.59 Å². The first kappa shape index (κ1) is 15.6. The van der Waals surface area contributed by atoms with Crippen LogP contribution < -0.4 is 15.4 Å². The first-order valence-electron chi connectivity index (χ1n) is 6.87. The Morgan fingerprint density at radius 2 is 1.77 bits per heavy atom. The lowest BCUT2D eigenvalue weighted by molar-refractivity contribution is -0.136. The molecule has 2 rings (SSSR count). The second kappa shape index (κ2) is 7.26. The molecule has 0 aliphatic rings. The molecule has 114 valence electrons. The molecule has 0 radical (unpaired) electrons. The Bertz CT molecular complexity index is 666. The number of carbonyl (C=O) groups is 2. The lowest BCUT2D eigenvalue weighted by atomic mass is 10.1. The number of aryl methyl sites for hydroxylation is 1. The van der Waals surface area contributed by atoms with Crippen LogP contribution in [-0.4, -0.2) is 18.9 Å². The van der Waals surface area contributed by atoms with Gasteiger partial charge >= 0.3 is 11.8 Å². The van der Waals surface area contributed by atoms with Gasteiger partial charge in [-0.2, -0.15) is 0 Å². The number of hydrogen-bond acceptors (Lipinski definition) is 3. The molecular formula is C17H18N2O3. The average molecular weight is 298 g/mol. The third-order valence-corrected chi connectivity index (χ3v) is 3.09. The molecule has 0 atom stereocenters. The number of rotatable bonds is 4. The van der Waals surface area contributed by atoms with Gasteiger partial charge in [-0.25, -0.2) is 0 Å². The van der Waals surface area contributed by atoms with Gasteiger partial charge in [0.1, 0.15) is 5.75 Å². The lowest BCUT2D eigenvalue weighted by Gasteiger charge is -2.07. The summed E-state index contributed by atoms with van der Waals surface area (Å²) in [5, 5.41) is 5.13. The van der Waals surface area contributed by atoms with Crippen LogP contribution in [0.5, 0.6) is 5.75 Å². The third kappa shape index (κ3) is 4.34. The second-order valence-corrected chi connectivity index (χ2v) is 4.85. The minimum Gasteiger partial charge on any atom is -0.497 e. The van der Waals surface area contributed by atoms with Crippen molar-refractivity contribution in [1.82, 2.24) is 5.32 Å². The SMILES string of the molecule is COc1ccc(NC(=O)C(=O)NCc2cccc(C)c2)cc1. The van der Waals surface area contributed by atoms with Gasteiger partial charge in [-0.1, -0.05) is 29.8 Å². The smallest absolute Gasteiger partial charge is 0.313 e. The molecule has 22 heavy (non-hydrogen) atoms. The fraction of sp³-hybridized carbons (Fsp3) is 0.176. The second-order valence-electron chi connectivity index (χ2n) is 4.85. The predicted octanol–water partition coefficient (Wildman–Crippen LogP) is 2.26. The zero-order valence-corrected chi connectivity index (χ0v) is 12.6. The van der Waals surface area contributed by atoms with Crippen molar-refractivity contribution < 1.29 is 14.3 Å². The Balaban J connectivity index is 1.87. The molecule has 2 aromatic carbocycles. The van der Waals surface area contributed by atoms with Crippen LogP contribution in [0.4, 0.5) is 5.69 Å². The average Bonchev–Trinajstić information content (AvgIpc) is 2.53. The molecule has 0 aromatic heterocycles. The molecule has 2 aromatic rings. The van der Waals surface area contributed by atoms with E-state index < -0.39 is 11.8 Å². The quantitative estimate of drug-likeness (QED) is 0.851. The highest BCUT2D eigenvalue weighted by atomic mass is 16.5. The van der Waals surface area contributed by atoms with Crippen molar-refractivity contribution in [2.24, 2.45) is 0 Å². The number of anilines is 1. The normalized spacial score (nSPS) is 9.91. The minimum atomic E-state index is -0.696. The summed E-state index contributed by atoms with van der Waals surface area (Å²) in [7, 11) is 1.56. The number of carbonyl (C=O) groups excluding carboxylic acids is 2. The largest absolute Gasteiger partial charge is 0.497 e. The van der Waals surface area contributed by atoms with Crippen molar-refractivity contribution in [2.75, 3.05) is 12.4 Å². The first-order valence-corrected chi connectivity index (χ1v) is 6.87. The monoisotopic (exact) mass is 298 g/mol. The number of methoxy groups -OCH3 is 1. The van der Waals surface area contributed by atoms with Crippen molar-refractivity contribution in [3.63, 3.8) is 0 Å². The van der Waals surface area contributed by atoms with E-state index in [0.29, 0.717) is 18.0 Å². The van der Waals surface area contributed by atoms with Crippen LogP contribution >= 0.6 is 0 Å². The van der Waals surface area contributed by atoms with Gasteiger partial charge in [-0.15, -0.1) is 0 Å². The molecule has 0 heterocycles. The van der Waals surface area contributed by atoms with Gasteiger partial charge in [0.25, 0.3) is 0 Å². The third-order valence-electron chi connectivity index (χ3n) is 3.09. The van der Waals surface area contributed by atoms with E-state index in [9.17, 15) is 9.59 Å². The van der Waals surface area contributed by atoms with E-state index >= 15 is 0 Å². The van der Waals surface area contributed by atoms with Crippen LogP contribution in [0.1, 0.15) is 11.1 Å². The lowest BCUT2D eigenvalue weighted by Crippen LogP contribution is -2.34. The summed E-state index contributed by atoms with van der Waals surface area (Å²) >= 11 is 0. The van der Waals surface area contributed by atoms with Crippen molar-refractivity contribution >= 4 is 17.5 Å². The summed E-state index contributed by atoms with van der Waals surface area (Å²) in [6.07, 6.45) is 0. The summed E-state index contributed by atoms with van der Waals surface area (Å²) in [5.74, 6) is -0.683. The van der Waals surface area contributed by atoms with Crippen LogP contribution in [0.2, 0.25) is 0 Å². The van der Waals surface area contributed by atoms with Crippen LogP contribution in [0.15, 0.2) is 48.5 Å². The summed E-state index contributed by atoms with van der Waals surface area (Å²) in [4.78, 5) is 23.6. The molecule has 5 nitrogen and oxygen atoms in total. The van der Waals surface area contributed by atoms with E-state index in [1.807, 2.05) is 31.2 Å². The van der Waals surface area contributed by atoms with Crippen molar-refractivity contribution in [2.45, 2.75) is 13.5 Å². The zero-order chi connectivity index (χ0) is 15.9. The van der Waals surface area contributed by atoms with Gasteiger partial charge in [0, 0.05) is 12.2 Å². The highest BCUT2D eigenvalue weighted by Crippen LogP contribution is 2.14. The Morgan fingerprint density at radius 1 is 1.05 bits per heavy atom. The van der Waals surface area contributed by atoms with Crippen molar-refractivity contribution in [3.8, 4) is 5.75 Å². The summed E-state index contributed by atoms with van der Waals surface area (Å²) in [6, 6.07) is 14.5. The van der Waals surface area contributed by atoms with Gasteiger partial charge < -0.3 is 15.4 Å². The molecule has 2 amide bonds. The molecule has 0 spiro atoms. The maximum Gasteiger partial charge on any atom is 0.313 e. The summed E-state index contributed by atoms with van der Waals surface area (Å²) < 4.78 is 5.03. The standard InChI is InChI=1S/C17H18N2O3/c1-12-4-3-5-13(10-12)11-18-16(20)17(21)19-14-6-8-15(22-2)9-7-14/h3-10H,11H2,1-2H3,(H,18,20)(H,19,21). The molecule has 0 aliphatic heterocycles. The van der Waals surface area contributed by atoms with Crippen LogP contribution in [0.25, 0.3) is 0 Å². The van der Waals surface area contributed by atoms with Crippen LogP contribution in [0.3, 0.4) is 0 Å². The maximum absolute atomic E-state index is 11.8. The van der Waals surface area contributed by atoms with E-state index in [0.717, 1.165) is 11.1 Å². The van der Waals surface area contributed by atoms with Crippen LogP contribution in [-0.2, 0) is 16.1 Å². The molecule has 0 aliphatic carbocycles. The van der Waals surface area contributed by atoms with E-state index in [4.69, 9.17) is 4.74 Å². The van der Waals surface area contributed by atoms with Gasteiger partial charge in [-0.05, 0) is 36.8 Å². The summed E-state index contributed by atoms with van der Waals surface area (Å²) in [6.45, 7) is 2.29. The summed E-state index contributed by atoms with van der Waals surface area (Å²) in [5.41, 5.74) is 2.59. The molecule has 0 fully saturated rings. The van der Waals surface area contributed by atoms with E-state index in [1.54, 1.807) is 31.4 Å². The topological polar surface area (TPSA) is 67.4 Å². The minimum absolute atomic E-state index is 0.316. The highest BCUT2D eigenvalue weighted by molar-refractivity contribution is 6.39. The molecule has 0 unspecified atom stereocenters. The van der Waals surface area contributed by atoms with Gasteiger partial charge in [0.2, 0.25) is 0 Å². The number of hydrogen-bond donors (Lipinski definition) is 2. The first-order chi connectivity index (χ1) is 10.6. The molecule has 5 heteroatoms. The highest BCUT2D eigenvalue weighted by Gasteiger charge is 2.13. The van der Waals surface area contributed by atoms with Gasteiger partial charge in [0.15, 0.2) is 0 Å². The zero-order valence-electron chi connectivity index (χ0n) is 12.6. The predicted molar refractivity (Wildman–Crippen MR) is 84.6 cm³/mol. The number of amides is 2. The van der Waals surface area contributed by atoms with Crippen molar-refractivity contribution in [1.29, 1.82) is 0 Å². The Hall–Kier alpha value is -2.82. The Morgan fingerprint density at radius 3 is 2.41 bits per heavy atom. The number of benzene rings is 2. The molecule has 0 saturated heterocycles. The fourth-order valence-electron chi connectivity index (χ4n) is 1.95. The van der Waals surface area contributed by atoms with E-state index in [1.165, 1.54) is 0 Å². The van der Waals surface area contributed by atoms with E-state index in [-0.39, 0.29) is 0 Å². The fourth-order valence-corrected chi connectivity index (χ4v) is 1.95. The van der Waals surface area contributed by atoms with E-state index in [2.05, 4.69) is 10.6 Å². The molecular weight excluding hydrogens is 280 g/mol. The number of ether oxygens (including phenoxy) is 1. The molecule has 0 saturated carbocycles. The van der Waals surface area contributed by atoms with Crippen LogP contribution in [0, 0.1) is 6.92 Å². The Labute approximate surface area is 129 Å². The number of nitrogens with one attached hydrogen (secondary N) is 2. The van der Waals surface area contributed by atoms with Gasteiger partial charge in [0.05, 0.1) is 7.11 Å². The molecule has 0 bridgehead atoms.